The lowest BCUT2D eigenvalue weighted by atomic mass is 10.1. The fraction of sp³-hybridized carbons (Fsp3) is 0.0625. The minimum absolute atomic E-state index is 0.0761. The third-order valence-electron chi connectivity index (χ3n) is 3.05. The van der Waals surface area contributed by atoms with Gasteiger partial charge in [0.15, 0.2) is 4.96 Å². The quantitative estimate of drug-likeness (QED) is 0.595. The Bertz CT molecular complexity index is 842. The van der Waals surface area contributed by atoms with Crippen LogP contribution in [-0.2, 0) is 11.3 Å². The number of rotatable bonds is 4. The van der Waals surface area contributed by atoms with E-state index in [1.165, 1.54) is 11.3 Å². The number of aromatic nitrogens is 2. The highest BCUT2D eigenvalue weighted by atomic mass is 32.1. The van der Waals surface area contributed by atoms with Crippen molar-refractivity contribution < 1.29 is 4.79 Å². The third kappa shape index (κ3) is 3.05. The summed E-state index contributed by atoms with van der Waals surface area (Å²) >= 11 is 1.53. The summed E-state index contributed by atoms with van der Waals surface area (Å²) in [5.41, 5.74) is 1.65. The first-order valence-corrected chi connectivity index (χ1v) is 7.50. The Hall–Kier alpha value is -2.91. The normalized spacial score (nSPS) is 11.3. The largest absolute Gasteiger partial charge is 0.346 e. The number of hydrogen-bond donors (Lipinski definition) is 1. The molecular weight excluding hydrogens is 296 g/mol. The van der Waals surface area contributed by atoms with Gasteiger partial charge in [0.05, 0.1) is 12.2 Å². The van der Waals surface area contributed by atoms with Crippen LogP contribution in [0.3, 0.4) is 0 Å². The van der Waals surface area contributed by atoms with E-state index >= 15 is 0 Å². The summed E-state index contributed by atoms with van der Waals surface area (Å²) in [4.78, 5) is 17.3. The van der Waals surface area contributed by atoms with Crippen molar-refractivity contribution in [2.45, 2.75) is 6.54 Å². The zero-order valence-corrected chi connectivity index (χ0v) is 12.4. The fourth-order valence-corrected chi connectivity index (χ4v) is 2.71. The molecule has 2 heterocycles. The van der Waals surface area contributed by atoms with E-state index in [2.05, 4.69) is 10.3 Å². The maximum absolute atomic E-state index is 12.1. The van der Waals surface area contributed by atoms with E-state index in [4.69, 9.17) is 5.26 Å². The summed E-state index contributed by atoms with van der Waals surface area (Å²) in [7, 11) is 0. The molecule has 1 amide bonds. The lowest BCUT2D eigenvalue weighted by Crippen LogP contribution is -2.24. The van der Waals surface area contributed by atoms with Crippen LogP contribution in [0.15, 0.2) is 53.7 Å². The number of fused-ring (bicyclic) bond motifs is 1. The molecule has 2 aromatic heterocycles. The van der Waals surface area contributed by atoms with Crippen molar-refractivity contribution in [3.05, 3.63) is 64.9 Å². The average molecular weight is 308 g/mol. The lowest BCUT2D eigenvalue weighted by molar-refractivity contribution is -0.117. The first kappa shape index (κ1) is 14.0. The molecule has 6 heteroatoms. The van der Waals surface area contributed by atoms with E-state index < -0.39 is 5.91 Å². The van der Waals surface area contributed by atoms with Gasteiger partial charge in [0.1, 0.15) is 11.6 Å². The second-order valence-corrected chi connectivity index (χ2v) is 5.46. The van der Waals surface area contributed by atoms with Gasteiger partial charge in [-0.3, -0.25) is 9.20 Å². The molecule has 0 saturated carbocycles. The van der Waals surface area contributed by atoms with Gasteiger partial charge in [-0.15, -0.1) is 11.3 Å². The van der Waals surface area contributed by atoms with Crippen LogP contribution in [0.2, 0.25) is 0 Å². The minimum atomic E-state index is -0.400. The van der Waals surface area contributed by atoms with Crippen molar-refractivity contribution in [2.24, 2.45) is 0 Å². The number of nitrogens with one attached hydrogen (secondary N) is 1. The molecule has 0 unspecified atom stereocenters. The molecular formula is C16H12N4OS. The Morgan fingerprint density at radius 1 is 1.41 bits per heavy atom. The van der Waals surface area contributed by atoms with Crippen LogP contribution in [0.4, 0.5) is 0 Å². The van der Waals surface area contributed by atoms with E-state index in [0.717, 1.165) is 16.2 Å². The first-order valence-electron chi connectivity index (χ1n) is 6.62. The van der Waals surface area contributed by atoms with Crippen LogP contribution in [-0.4, -0.2) is 15.3 Å². The Kier molecular flexibility index (Phi) is 3.99. The molecule has 0 fully saturated rings. The SMILES string of the molecule is N#C/C(=C\c1ccccc1)C(=O)NCc1cn2ccsc2n1. The number of carbonyl (C=O) groups is 1. The maximum Gasteiger partial charge on any atom is 0.262 e. The number of nitriles is 1. The molecule has 0 atom stereocenters. The zero-order chi connectivity index (χ0) is 15.4. The first-order chi connectivity index (χ1) is 10.8. The standard InChI is InChI=1S/C16H12N4OS/c17-9-13(8-12-4-2-1-3-5-12)15(21)18-10-14-11-20-6-7-22-16(20)19-14/h1-8,11H,10H2,(H,18,21)/b13-8+. The van der Waals surface area contributed by atoms with Gasteiger partial charge in [-0.05, 0) is 11.6 Å². The molecule has 22 heavy (non-hydrogen) atoms. The molecule has 0 spiro atoms. The predicted molar refractivity (Wildman–Crippen MR) is 84.9 cm³/mol. The number of hydrogen-bond acceptors (Lipinski definition) is 4. The minimum Gasteiger partial charge on any atom is -0.346 e. The smallest absolute Gasteiger partial charge is 0.262 e. The second kappa shape index (κ2) is 6.24. The molecule has 0 radical (unpaired) electrons. The zero-order valence-electron chi connectivity index (χ0n) is 11.6. The highest BCUT2D eigenvalue weighted by molar-refractivity contribution is 7.15. The number of carbonyl (C=O) groups excluding carboxylic acids is 1. The van der Waals surface area contributed by atoms with E-state index in [0.29, 0.717) is 6.54 Å². The van der Waals surface area contributed by atoms with Crippen LogP contribution < -0.4 is 5.32 Å². The summed E-state index contributed by atoms with van der Waals surface area (Å²) < 4.78 is 1.90. The van der Waals surface area contributed by atoms with Crippen molar-refractivity contribution in [3.63, 3.8) is 0 Å². The van der Waals surface area contributed by atoms with Gasteiger partial charge in [0.2, 0.25) is 0 Å². The van der Waals surface area contributed by atoms with E-state index in [-0.39, 0.29) is 5.57 Å². The Morgan fingerprint density at radius 3 is 2.95 bits per heavy atom. The van der Waals surface area contributed by atoms with Crippen LogP contribution in [0.25, 0.3) is 11.0 Å². The monoisotopic (exact) mass is 308 g/mol. The number of amides is 1. The van der Waals surface area contributed by atoms with Crippen LogP contribution >= 0.6 is 11.3 Å². The maximum atomic E-state index is 12.1. The number of benzene rings is 1. The summed E-state index contributed by atoms with van der Waals surface area (Å²) in [5.74, 6) is -0.400. The molecule has 0 saturated heterocycles. The van der Waals surface area contributed by atoms with Crippen molar-refractivity contribution in [1.82, 2.24) is 14.7 Å². The van der Waals surface area contributed by atoms with Crippen LogP contribution in [0.1, 0.15) is 11.3 Å². The van der Waals surface area contributed by atoms with Crippen molar-refractivity contribution >= 4 is 28.3 Å². The lowest BCUT2D eigenvalue weighted by Gasteiger charge is -2.02. The van der Waals surface area contributed by atoms with Gasteiger partial charge in [0.25, 0.3) is 5.91 Å². The van der Waals surface area contributed by atoms with Gasteiger partial charge >= 0.3 is 0 Å². The molecule has 1 N–H and O–H groups in total. The summed E-state index contributed by atoms with van der Waals surface area (Å²) in [6.45, 7) is 0.293. The van der Waals surface area contributed by atoms with Gasteiger partial charge in [-0.2, -0.15) is 5.26 Å². The van der Waals surface area contributed by atoms with E-state index in [1.807, 2.05) is 58.6 Å². The van der Waals surface area contributed by atoms with Crippen LogP contribution in [0, 0.1) is 11.3 Å². The highest BCUT2D eigenvalue weighted by Crippen LogP contribution is 2.11. The van der Waals surface area contributed by atoms with Crippen molar-refractivity contribution in [2.75, 3.05) is 0 Å². The molecule has 0 bridgehead atoms. The molecule has 108 valence electrons. The van der Waals surface area contributed by atoms with Crippen LogP contribution in [0.5, 0.6) is 0 Å². The van der Waals surface area contributed by atoms with Gasteiger partial charge in [0, 0.05) is 17.8 Å². The number of thiazole rings is 1. The Balaban J connectivity index is 1.69. The van der Waals surface area contributed by atoms with Gasteiger partial charge in [-0.25, -0.2) is 4.98 Å². The Labute approximate surface area is 131 Å². The number of imidazole rings is 1. The summed E-state index contributed by atoms with van der Waals surface area (Å²) in [5, 5.41) is 13.8. The fourth-order valence-electron chi connectivity index (χ4n) is 1.99. The third-order valence-corrected chi connectivity index (χ3v) is 3.82. The van der Waals surface area contributed by atoms with Crippen molar-refractivity contribution in [3.8, 4) is 6.07 Å². The molecule has 3 aromatic rings. The average Bonchev–Trinajstić information content (AvgIpc) is 3.12. The summed E-state index contributed by atoms with van der Waals surface area (Å²) in [6, 6.07) is 11.2. The van der Waals surface area contributed by atoms with E-state index in [9.17, 15) is 4.79 Å². The molecule has 0 aliphatic carbocycles. The number of nitrogens with zero attached hydrogens (tertiary/aromatic N) is 3. The van der Waals surface area contributed by atoms with E-state index in [1.54, 1.807) is 6.08 Å². The summed E-state index contributed by atoms with van der Waals surface area (Å²) in [6.07, 6.45) is 5.34. The molecule has 3 rings (SSSR count). The molecule has 0 aliphatic rings. The predicted octanol–water partition coefficient (Wildman–Crippen LogP) is 2.62. The molecule has 0 aliphatic heterocycles. The molecule has 1 aromatic carbocycles. The van der Waals surface area contributed by atoms with Gasteiger partial charge in [-0.1, -0.05) is 30.3 Å². The highest BCUT2D eigenvalue weighted by Gasteiger charge is 2.10. The van der Waals surface area contributed by atoms with Gasteiger partial charge < -0.3 is 5.32 Å². The second-order valence-electron chi connectivity index (χ2n) is 4.59. The van der Waals surface area contributed by atoms with Crippen molar-refractivity contribution in [1.29, 1.82) is 5.26 Å². The molecule has 5 nitrogen and oxygen atoms in total. The topological polar surface area (TPSA) is 70.2 Å². The Morgan fingerprint density at radius 2 is 2.23 bits per heavy atom.